The highest BCUT2D eigenvalue weighted by molar-refractivity contribution is 7.80. The second-order valence-electron chi connectivity index (χ2n) is 4.07. The predicted molar refractivity (Wildman–Crippen MR) is 69.7 cm³/mol. The van der Waals surface area contributed by atoms with Crippen molar-refractivity contribution in [1.82, 2.24) is 5.32 Å². The van der Waals surface area contributed by atoms with Crippen LogP contribution in [0.4, 0.5) is 4.39 Å². The highest BCUT2D eigenvalue weighted by Crippen LogP contribution is 2.16. The maximum atomic E-state index is 13.2. The maximum absolute atomic E-state index is 13.2. The van der Waals surface area contributed by atoms with Gasteiger partial charge in [0.25, 0.3) is 5.91 Å². The van der Waals surface area contributed by atoms with Gasteiger partial charge in [0.2, 0.25) is 0 Å². The zero-order valence-corrected chi connectivity index (χ0v) is 11.0. The Morgan fingerprint density at radius 2 is 2.12 bits per heavy atom. The quantitative estimate of drug-likeness (QED) is 0.832. The Morgan fingerprint density at radius 1 is 1.53 bits per heavy atom. The van der Waals surface area contributed by atoms with Crippen molar-refractivity contribution in [1.29, 1.82) is 0 Å². The largest absolute Gasteiger partial charge is 0.391 e. The van der Waals surface area contributed by atoms with Gasteiger partial charge >= 0.3 is 0 Å². The first-order valence-electron chi connectivity index (χ1n) is 4.81. The monoisotopic (exact) mass is 274 g/mol. The molecule has 0 aromatic heterocycles. The minimum Gasteiger partial charge on any atom is -0.391 e. The van der Waals surface area contributed by atoms with E-state index in [1.54, 1.807) is 13.8 Å². The Bertz CT molecular complexity index is 477. The van der Waals surface area contributed by atoms with Crippen molar-refractivity contribution in [2.75, 3.05) is 0 Å². The summed E-state index contributed by atoms with van der Waals surface area (Å²) in [5.41, 5.74) is 4.80. The summed E-state index contributed by atoms with van der Waals surface area (Å²) in [6, 6.07) is 3.81. The van der Waals surface area contributed by atoms with Gasteiger partial charge in [-0.05, 0) is 32.0 Å². The first-order valence-corrected chi connectivity index (χ1v) is 5.60. The molecule has 0 unspecified atom stereocenters. The Kier molecular flexibility index (Phi) is 4.06. The molecule has 0 radical (unpaired) electrons. The van der Waals surface area contributed by atoms with Crippen LogP contribution in [-0.4, -0.2) is 16.4 Å². The number of nitrogens with one attached hydrogen (secondary N) is 1. The lowest BCUT2D eigenvalue weighted by atomic mass is 10.0. The van der Waals surface area contributed by atoms with Crippen LogP contribution in [0.15, 0.2) is 18.2 Å². The number of thiocarbonyl (C=S) groups is 1. The molecular formula is C11H12ClFN2OS. The summed E-state index contributed by atoms with van der Waals surface area (Å²) < 4.78 is 13.2. The van der Waals surface area contributed by atoms with Crippen molar-refractivity contribution in [3.05, 3.63) is 34.6 Å². The molecule has 0 aliphatic carbocycles. The summed E-state index contributed by atoms with van der Waals surface area (Å²) in [6.07, 6.45) is 0. The van der Waals surface area contributed by atoms with Gasteiger partial charge in [0, 0.05) is 5.56 Å². The number of halogens is 2. The van der Waals surface area contributed by atoms with Crippen LogP contribution in [-0.2, 0) is 0 Å². The molecule has 6 heteroatoms. The number of carbonyl (C=O) groups excluding carboxylic acids is 1. The minimum atomic E-state index is -0.831. The van der Waals surface area contributed by atoms with E-state index in [-0.39, 0.29) is 15.6 Å². The highest BCUT2D eigenvalue weighted by atomic mass is 35.5. The van der Waals surface area contributed by atoms with E-state index >= 15 is 0 Å². The van der Waals surface area contributed by atoms with E-state index in [0.717, 1.165) is 6.07 Å². The van der Waals surface area contributed by atoms with Crippen molar-refractivity contribution < 1.29 is 9.18 Å². The van der Waals surface area contributed by atoms with Gasteiger partial charge in [0.15, 0.2) is 0 Å². The summed E-state index contributed by atoms with van der Waals surface area (Å²) in [6.45, 7) is 3.33. The van der Waals surface area contributed by atoms with Crippen LogP contribution in [0.3, 0.4) is 0 Å². The normalized spacial score (nSPS) is 11.1. The number of carbonyl (C=O) groups is 1. The van der Waals surface area contributed by atoms with Crippen LogP contribution in [0.2, 0.25) is 5.02 Å². The number of hydrogen-bond donors (Lipinski definition) is 2. The van der Waals surface area contributed by atoms with Crippen molar-refractivity contribution >= 4 is 34.7 Å². The third-order valence-electron chi connectivity index (χ3n) is 2.22. The molecular weight excluding hydrogens is 263 g/mol. The second-order valence-corrected chi connectivity index (χ2v) is 4.92. The van der Waals surface area contributed by atoms with Crippen LogP contribution < -0.4 is 11.1 Å². The molecule has 0 atom stereocenters. The van der Waals surface area contributed by atoms with Gasteiger partial charge in [-0.25, -0.2) is 4.39 Å². The number of hydrogen-bond acceptors (Lipinski definition) is 2. The predicted octanol–water partition coefficient (Wildman–Crippen LogP) is 2.27. The smallest absolute Gasteiger partial charge is 0.252 e. The highest BCUT2D eigenvalue weighted by Gasteiger charge is 2.24. The Hall–Kier alpha value is -1.20. The summed E-state index contributed by atoms with van der Waals surface area (Å²) in [5.74, 6) is -1.11. The van der Waals surface area contributed by atoms with Crippen LogP contribution in [0.5, 0.6) is 0 Å². The molecule has 0 bridgehead atoms. The van der Waals surface area contributed by atoms with Crippen LogP contribution in [0.1, 0.15) is 24.2 Å². The first kappa shape index (κ1) is 13.9. The average molecular weight is 275 g/mol. The van der Waals surface area contributed by atoms with Gasteiger partial charge < -0.3 is 11.1 Å². The molecule has 1 amide bonds. The Labute approximate surface area is 109 Å². The molecule has 0 fully saturated rings. The summed E-state index contributed by atoms with van der Waals surface area (Å²) in [7, 11) is 0. The van der Waals surface area contributed by atoms with Crippen LogP contribution >= 0.6 is 23.8 Å². The molecule has 3 nitrogen and oxygen atoms in total. The lowest BCUT2D eigenvalue weighted by molar-refractivity contribution is 0.0932. The van der Waals surface area contributed by atoms with Crippen molar-refractivity contribution in [3.63, 3.8) is 0 Å². The first-order chi connectivity index (χ1) is 7.74. The molecule has 0 saturated carbocycles. The van der Waals surface area contributed by atoms with Gasteiger partial charge in [0.1, 0.15) is 5.82 Å². The molecule has 0 spiro atoms. The maximum Gasteiger partial charge on any atom is 0.252 e. The number of amides is 1. The zero-order valence-electron chi connectivity index (χ0n) is 9.38. The zero-order chi connectivity index (χ0) is 13.2. The second kappa shape index (κ2) is 4.98. The molecule has 3 N–H and O–H groups in total. The van der Waals surface area contributed by atoms with Crippen molar-refractivity contribution in [2.45, 2.75) is 19.4 Å². The fourth-order valence-electron chi connectivity index (χ4n) is 1.05. The number of benzene rings is 1. The summed E-state index contributed by atoms with van der Waals surface area (Å²) in [5, 5.41) is 2.57. The molecule has 92 valence electrons. The van der Waals surface area contributed by atoms with Crippen LogP contribution in [0, 0.1) is 5.82 Å². The molecule has 0 heterocycles. The lowest BCUT2D eigenvalue weighted by Gasteiger charge is -2.24. The third-order valence-corrected chi connectivity index (χ3v) is 3.04. The summed E-state index contributed by atoms with van der Waals surface area (Å²) in [4.78, 5) is 11.9. The molecule has 0 aliphatic heterocycles. The van der Waals surface area contributed by atoms with E-state index in [4.69, 9.17) is 29.6 Å². The van der Waals surface area contributed by atoms with E-state index in [2.05, 4.69) is 5.32 Å². The van der Waals surface area contributed by atoms with Crippen molar-refractivity contribution in [3.8, 4) is 0 Å². The average Bonchev–Trinajstić information content (AvgIpc) is 2.21. The fourth-order valence-corrected chi connectivity index (χ4v) is 1.22. The minimum absolute atomic E-state index is 0.0323. The fraction of sp³-hybridized carbons (Fsp3) is 0.273. The number of rotatable bonds is 3. The van der Waals surface area contributed by atoms with E-state index in [1.165, 1.54) is 12.1 Å². The molecule has 17 heavy (non-hydrogen) atoms. The standard InChI is InChI=1S/C11H12ClFN2OS/c1-11(2,10(14)17)15-9(16)6-3-4-7(12)8(13)5-6/h3-5H,1-2H3,(H2,14,17)(H,15,16). The molecule has 0 saturated heterocycles. The number of nitrogens with two attached hydrogens (primary N) is 1. The lowest BCUT2D eigenvalue weighted by Crippen LogP contribution is -2.52. The molecule has 1 aromatic rings. The van der Waals surface area contributed by atoms with Gasteiger partial charge in [-0.15, -0.1) is 0 Å². The Morgan fingerprint density at radius 3 is 2.59 bits per heavy atom. The van der Waals surface area contributed by atoms with Gasteiger partial charge in [0.05, 0.1) is 15.6 Å². The van der Waals surface area contributed by atoms with Gasteiger partial charge in [-0.3, -0.25) is 4.79 Å². The summed E-state index contributed by atoms with van der Waals surface area (Å²) >= 11 is 10.3. The Balaban J connectivity index is 2.91. The van der Waals surface area contributed by atoms with E-state index in [9.17, 15) is 9.18 Å². The van der Waals surface area contributed by atoms with Crippen molar-refractivity contribution in [2.24, 2.45) is 5.73 Å². The van der Waals surface area contributed by atoms with E-state index in [1.807, 2.05) is 0 Å². The van der Waals surface area contributed by atoms with E-state index in [0.29, 0.717) is 0 Å². The third kappa shape index (κ3) is 3.38. The van der Waals surface area contributed by atoms with Gasteiger partial charge in [-0.2, -0.15) is 0 Å². The van der Waals surface area contributed by atoms with Gasteiger partial charge in [-0.1, -0.05) is 23.8 Å². The van der Waals surface area contributed by atoms with Crippen LogP contribution in [0.25, 0.3) is 0 Å². The molecule has 1 aromatic carbocycles. The molecule has 0 aliphatic rings. The molecule has 1 rings (SSSR count). The van der Waals surface area contributed by atoms with E-state index < -0.39 is 17.3 Å². The topological polar surface area (TPSA) is 55.1 Å². The SMILES string of the molecule is CC(C)(NC(=O)c1ccc(Cl)c(F)c1)C(N)=S.